The Bertz CT molecular complexity index is 1440. The molecule has 0 aliphatic heterocycles. The molecular formula is C60H107O11P. The number of esters is 3. The van der Waals surface area contributed by atoms with Crippen molar-refractivity contribution in [2.75, 3.05) is 26.4 Å². The summed E-state index contributed by atoms with van der Waals surface area (Å²) in [4.78, 5) is 48.5. The molecule has 0 aromatic carbocycles. The van der Waals surface area contributed by atoms with Crippen molar-refractivity contribution in [1.29, 1.82) is 0 Å². The molecule has 11 nitrogen and oxygen atoms in total. The summed E-state index contributed by atoms with van der Waals surface area (Å²) in [7, 11) is -4.75. The van der Waals surface area contributed by atoms with E-state index in [1.807, 2.05) is 0 Å². The third kappa shape index (κ3) is 52.1. The van der Waals surface area contributed by atoms with Crippen molar-refractivity contribution in [1.82, 2.24) is 0 Å². The Kier molecular flexibility index (Phi) is 52.3. The lowest BCUT2D eigenvalue weighted by Gasteiger charge is -2.21. The molecule has 0 rings (SSSR count). The van der Waals surface area contributed by atoms with Gasteiger partial charge in [-0.3, -0.25) is 23.4 Å². The fourth-order valence-corrected chi connectivity index (χ4v) is 8.77. The summed E-state index contributed by atoms with van der Waals surface area (Å²) in [5.41, 5.74) is 0. The van der Waals surface area contributed by atoms with Gasteiger partial charge in [0.25, 0.3) is 0 Å². The monoisotopic (exact) mass is 1030 g/mol. The maximum atomic E-state index is 12.9. The van der Waals surface area contributed by atoms with Crippen LogP contribution in [0, 0.1) is 0 Å². The van der Waals surface area contributed by atoms with E-state index in [9.17, 15) is 28.9 Å². The summed E-state index contributed by atoms with van der Waals surface area (Å²) in [6, 6.07) is 0. The van der Waals surface area contributed by atoms with E-state index in [0.29, 0.717) is 19.3 Å². The quantitative estimate of drug-likeness (QED) is 0.0197. The van der Waals surface area contributed by atoms with Crippen LogP contribution in [0.15, 0.2) is 60.8 Å². The SMILES string of the molecule is CC/C=C\C/C=C\C/C=C\CCCCCCCCCC(=O)OCC(COP(=O)(O)OCC(CO)OC(=O)CCCCCCCCCCCCC)OC(=O)CCCCCCCCC/C=C\C/C=C\CCCCC. The van der Waals surface area contributed by atoms with Gasteiger partial charge in [0.1, 0.15) is 12.7 Å². The van der Waals surface area contributed by atoms with Crippen molar-refractivity contribution in [3.05, 3.63) is 60.8 Å². The number of aliphatic hydroxyl groups excluding tert-OH is 1. The fourth-order valence-electron chi connectivity index (χ4n) is 7.99. The number of hydrogen-bond donors (Lipinski definition) is 2. The highest BCUT2D eigenvalue weighted by molar-refractivity contribution is 7.47. The molecule has 0 spiro atoms. The molecule has 418 valence electrons. The smallest absolute Gasteiger partial charge is 0.462 e. The van der Waals surface area contributed by atoms with Crippen molar-refractivity contribution in [2.24, 2.45) is 0 Å². The Morgan fingerprint density at radius 3 is 1.14 bits per heavy atom. The number of phosphoric ester groups is 1. The van der Waals surface area contributed by atoms with E-state index in [1.165, 1.54) is 96.3 Å². The minimum atomic E-state index is -4.75. The van der Waals surface area contributed by atoms with Crippen molar-refractivity contribution in [2.45, 2.75) is 277 Å². The minimum absolute atomic E-state index is 0.157. The van der Waals surface area contributed by atoms with E-state index in [0.717, 1.165) is 109 Å². The van der Waals surface area contributed by atoms with E-state index in [1.54, 1.807) is 0 Å². The standard InChI is InChI=1S/C60H107O11P/c1-4-7-10-13-16-19-22-24-26-28-30-32-35-37-40-43-46-49-58(62)67-53-57(71-60(64)51-48-45-42-39-36-33-31-29-27-25-23-20-17-14-11-8-5-2)55-69-72(65,66)68-54-56(52-61)70-59(63)50-47-44-41-38-34-21-18-15-12-9-6-3/h7,10,16-17,19-20,24-27,56-57,61H,4-6,8-9,11-15,18,21-23,28-55H2,1-3H3,(H,65,66)/b10-7-,19-16-,20-17-,26-24-,27-25-. The average Bonchev–Trinajstić information content (AvgIpc) is 3.37. The molecule has 0 saturated heterocycles. The molecule has 12 heteroatoms. The number of carbonyl (C=O) groups excluding carboxylic acids is 3. The first kappa shape index (κ1) is 69.2. The van der Waals surface area contributed by atoms with Crippen LogP contribution in [0.3, 0.4) is 0 Å². The third-order valence-electron chi connectivity index (χ3n) is 12.4. The maximum absolute atomic E-state index is 12.9. The van der Waals surface area contributed by atoms with Crippen LogP contribution in [0.1, 0.15) is 265 Å². The zero-order valence-electron chi connectivity index (χ0n) is 46.1. The van der Waals surface area contributed by atoms with E-state index in [4.69, 9.17) is 23.3 Å². The van der Waals surface area contributed by atoms with Crippen LogP contribution in [0.4, 0.5) is 0 Å². The first-order valence-corrected chi connectivity index (χ1v) is 30.7. The number of ether oxygens (including phenoxy) is 3. The highest BCUT2D eigenvalue weighted by atomic mass is 31.2. The summed E-state index contributed by atoms with van der Waals surface area (Å²) in [6.45, 7) is 4.50. The van der Waals surface area contributed by atoms with E-state index in [2.05, 4.69) is 81.5 Å². The van der Waals surface area contributed by atoms with Crippen molar-refractivity contribution < 1.29 is 52.2 Å². The van der Waals surface area contributed by atoms with Gasteiger partial charge >= 0.3 is 25.7 Å². The Labute approximate surface area is 440 Å². The molecule has 2 N–H and O–H groups in total. The van der Waals surface area contributed by atoms with Gasteiger partial charge in [0, 0.05) is 19.3 Å². The van der Waals surface area contributed by atoms with Crippen molar-refractivity contribution in [3.63, 3.8) is 0 Å². The zero-order valence-corrected chi connectivity index (χ0v) is 47.0. The Hall–Kier alpha value is -2.82. The minimum Gasteiger partial charge on any atom is -0.462 e. The number of allylic oxidation sites excluding steroid dienone is 10. The van der Waals surface area contributed by atoms with E-state index in [-0.39, 0.29) is 25.9 Å². The second kappa shape index (κ2) is 54.4. The van der Waals surface area contributed by atoms with Crippen LogP contribution in [0.2, 0.25) is 0 Å². The van der Waals surface area contributed by atoms with Gasteiger partial charge in [-0.05, 0) is 83.5 Å². The van der Waals surface area contributed by atoms with Crippen LogP contribution < -0.4 is 0 Å². The van der Waals surface area contributed by atoms with Gasteiger partial charge in [0.05, 0.1) is 19.8 Å². The number of aliphatic hydroxyl groups is 1. The summed E-state index contributed by atoms with van der Waals surface area (Å²) in [5.74, 6) is -1.47. The lowest BCUT2D eigenvalue weighted by Crippen LogP contribution is -2.30. The van der Waals surface area contributed by atoms with Crippen LogP contribution in [0.25, 0.3) is 0 Å². The lowest BCUT2D eigenvalue weighted by molar-refractivity contribution is -0.161. The molecule has 0 aliphatic carbocycles. The number of carbonyl (C=O) groups is 3. The Morgan fingerprint density at radius 1 is 0.403 bits per heavy atom. The predicted molar refractivity (Wildman–Crippen MR) is 298 cm³/mol. The van der Waals surface area contributed by atoms with Gasteiger partial charge < -0.3 is 24.2 Å². The summed E-state index contributed by atoms with van der Waals surface area (Å²) < 4.78 is 39.5. The Balaban J connectivity index is 4.74. The van der Waals surface area contributed by atoms with Crippen LogP contribution in [-0.2, 0) is 42.2 Å². The molecule has 3 unspecified atom stereocenters. The molecule has 72 heavy (non-hydrogen) atoms. The zero-order chi connectivity index (χ0) is 52.7. The normalized spacial score (nSPS) is 13.8. The summed E-state index contributed by atoms with van der Waals surface area (Å²) >= 11 is 0. The molecule has 0 aliphatic rings. The number of phosphoric acid groups is 1. The molecule has 0 radical (unpaired) electrons. The average molecular weight is 1040 g/mol. The predicted octanol–water partition coefficient (Wildman–Crippen LogP) is 17.1. The molecule has 3 atom stereocenters. The van der Waals surface area contributed by atoms with Gasteiger partial charge in [0.15, 0.2) is 6.10 Å². The molecule has 0 aromatic rings. The van der Waals surface area contributed by atoms with Gasteiger partial charge in [-0.2, -0.15) is 0 Å². The van der Waals surface area contributed by atoms with E-state index >= 15 is 0 Å². The second-order valence-corrected chi connectivity index (χ2v) is 20.9. The topological polar surface area (TPSA) is 155 Å². The molecule has 0 heterocycles. The second-order valence-electron chi connectivity index (χ2n) is 19.4. The molecule has 0 amide bonds. The Morgan fingerprint density at radius 2 is 0.722 bits per heavy atom. The van der Waals surface area contributed by atoms with Crippen LogP contribution in [-0.4, -0.2) is 66.5 Å². The van der Waals surface area contributed by atoms with Crippen molar-refractivity contribution in [3.8, 4) is 0 Å². The third-order valence-corrected chi connectivity index (χ3v) is 13.4. The van der Waals surface area contributed by atoms with Gasteiger partial charge in [-0.1, -0.05) is 223 Å². The molecule has 0 bridgehead atoms. The summed E-state index contributed by atoms with van der Waals surface area (Å²) in [5, 5.41) is 9.80. The highest BCUT2D eigenvalue weighted by Crippen LogP contribution is 2.43. The van der Waals surface area contributed by atoms with E-state index < -0.39 is 57.8 Å². The van der Waals surface area contributed by atoms with Crippen LogP contribution in [0.5, 0.6) is 0 Å². The highest BCUT2D eigenvalue weighted by Gasteiger charge is 2.28. The largest absolute Gasteiger partial charge is 0.472 e. The molecule has 0 saturated carbocycles. The number of rotatable bonds is 54. The van der Waals surface area contributed by atoms with Crippen molar-refractivity contribution >= 4 is 25.7 Å². The van der Waals surface area contributed by atoms with Gasteiger partial charge in [0.2, 0.25) is 0 Å². The first-order chi connectivity index (χ1) is 35.2. The molecule has 0 aromatic heterocycles. The first-order valence-electron chi connectivity index (χ1n) is 29.2. The fraction of sp³-hybridized carbons (Fsp3) is 0.783. The number of unbranched alkanes of at least 4 members (excludes halogenated alkanes) is 27. The lowest BCUT2D eigenvalue weighted by atomic mass is 10.1. The maximum Gasteiger partial charge on any atom is 0.472 e. The number of hydrogen-bond acceptors (Lipinski definition) is 10. The molecule has 0 fully saturated rings. The van der Waals surface area contributed by atoms with Crippen LogP contribution >= 0.6 is 7.82 Å². The summed E-state index contributed by atoms with van der Waals surface area (Å²) in [6.07, 6.45) is 58.9. The van der Waals surface area contributed by atoms with Gasteiger partial charge in [-0.25, -0.2) is 4.57 Å². The van der Waals surface area contributed by atoms with Gasteiger partial charge in [-0.15, -0.1) is 0 Å². The molecular weight excluding hydrogens is 928 g/mol.